The molecule has 15 heavy (non-hydrogen) atoms. The summed E-state index contributed by atoms with van der Waals surface area (Å²) < 4.78 is 4.88. The van der Waals surface area contributed by atoms with Gasteiger partial charge in [-0.15, -0.1) is 0 Å². The summed E-state index contributed by atoms with van der Waals surface area (Å²) in [5, 5.41) is 4.38. The fourth-order valence-electron chi connectivity index (χ4n) is 1.34. The van der Waals surface area contributed by atoms with E-state index in [0.717, 1.165) is 5.33 Å². The van der Waals surface area contributed by atoms with Gasteiger partial charge in [0.2, 0.25) is 0 Å². The maximum atomic E-state index is 12.1. The lowest BCUT2D eigenvalue weighted by Gasteiger charge is -2.25. The van der Waals surface area contributed by atoms with Gasteiger partial charge in [0.15, 0.2) is 0 Å². The summed E-state index contributed by atoms with van der Waals surface area (Å²) in [4.78, 5) is 13.8. The standard InChI is InChI=1S/C10H15BrN2O2/c1-7(2)13(5-4-11)10(14)9-6-12-15-8(9)3/h6-7H,4-5H2,1-3H3. The van der Waals surface area contributed by atoms with Gasteiger partial charge >= 0.3 is 0 Å². The molecular formula is C10H15BrN2O2. The molecule has 0 aromatic carbocycles. The van der Waals surface area contributed by atoms with Gasteiger partial charge in [-0.25, -0.2) is 0 Å². The van der Waals surface area contributed by atoms with E-state index in [2.05, 4.69) is 21.1 Å². The molecule has 1 heterocycles. The van der Waals surface area contributed by atoms with Gasteiger partial charge in [-0.05, 0) is 20.8 Å². The van der Waals surface area contributed by atoms with E-state index < -0.39 is 0 Å². The molecule has 0 spiro atoms. The van der Waals surface area contributed by atoms with Crippen molar-refractivity contribution < 1.29 is 9.32 Å². The van der Waals surface area contributed by atoms with Crippen molar-refractivity contribution in [1.82, 2.24) is 10.1 Å². The molecule has 0 N–H and O–H groups in total. The van der Waals surface area contributed by atoms with E-state index in [9.17, 15) is 4.79 Å². The van der Waals surface area contributed by atoms with Crippen LogP contribution in [0.4, 0.5) is 0 Å². The molecule has 0 unspecified atom stereocenters. The molecule has 84 valence electrons. The number of carbonyl (C=O) groups is 1. The molecule has 0 bridgehead atoms. The molecule has 0 aliphatic heterocycles. The predicted octanol–water partition coefficient (Wildman–Crippen LogP) is 2.23. The Bertz CT molecular complexity index is 336. The molecule has 1 aromatic rings. The first-order chi connectivity index (χ1) is 7.07. The van der Waals surface area contributed by atoms with Gasteiger partial charge in [-0.2, -0.15) is 0 Å². The Morgan fingerprint density at radius 1 is 1.67 bits per heavy atom. The van der Waals surface area contributed by atoms with Crippen LogP contribution in [0.1, 0.15) is 30.0 Å². The maximum absolute atomic E-state index is 12.1. The van der Waals surface area contributed by atoms with E-state index in [4.69, 9.17) is 4.52 Å². The van der Waals surface area contributed by atoms with Crippen LogP contribution in [-0.4, -0.2) is 33.9 Å². The number of hydrogen-bond acceptors (Lipinski definition) is 3. The highest BCUT2D eigenvalue weighted by molar-refractivity contribution is 9.09. The van der Waals surface area contributed by atoms with Crippen LogP contribution in [0, 0.1) is 6.92 Å². The zero-order valence-corrected chi connectivity index (χ0v) is 10.7. The van der Waals surface area contributed by atoms with Gasteiger partial charge in [-0.3, -0.25) is 4.79 Å². The first kappa shape index (κ1) is 12.2. The molecule has 1 rings (SSSR count). The second-order valence-corrected chi connectivity index (χ2v) is 4.37. The van der Waals surface area contributed by atoms with Crippen LogP contribution in [0.3, 0.4) is 0 Å². The Kier molecular flexibility index (Phi) is 4.32. The Hall–Kier alpha value is -0.840. The van der Waals surface area contributed by atoms with E-state index in [0.29, 0.717) is 17.9 Å². The molecule has 5 heteroatoms. The van der Waals surface area contributed by atoms with Crippen LogP contribution >= 0.6 is 15.9 Å². The second kappa shape index (κ2) is 5.30. The topological polar surface area (TPSA) is 46.3 Å². The minimum atomic E-state index is -0.0248. The van der Waals surface area contributed by atoms with Crippen molar-refractivity contribution in [3.8, 4) is 0 Å². The largest absolute Gasteiger partial charge is 0.361 e. The van der Waals surface area contributed by atoms with Crippen molar-refractivity contribution in [3.63, 3.8) is 0 Å². The fraction of sp³-hybridized carbons (Fsp3) is 0.600. The smallest absolute Gasteiger partial charge is 0.259 e. The molecule has 0 saturated heterocycles. The second-order valence-electron chi connectivity index (χ2n) is 3.58. The Balaban J connectivity index is 2.86. The molecule has 0 saturated carbocycles. The van der Waals surface area contributed by atoms with Crippen LogP contribution in [0.15, 0.2) is 10.7 Å². The number of amides is 1. The number of alkyl halides is 1. The molecule has 4 nitrogen and oxygen atoms in total. The molecule has 1 aromatic heterocycles. The summed E-state index contributed by atoms with van der Waals surface area (Å²) >= 11 is 3.34. The predicted molar refractivity (Wildman–Crippen MR) is 61.2 cm³/mol. The lowest BCUT2D eigenvalue weighted by Crippen LogP contribution is -2.38. The van der Waals surface area contributed by atoms with Crippen molar-refractivity contribution in [3.05, 3.63) is 17.5 Å². The van der Waals surface area contributed by atoms with Gasteiger partial charge in [-0.1, -0.05) is 21.1 Å². The zero-order chi connectivity index (χ0) is 11.4. The van der Waals surface area contributed by atoms with E-state index in [1.54, 1.807) is 11.8 Å². The van der Waals surface area contributed by atoms with Crippen LogP contribution in [-0.2, 0) is 0 Å². The Morgan fingerprint density at radius 3 is 2.73 bits per heavy atom. The van der Waals surface area contributed by atoms with E-state index in [-0.39, 0.29) is 11.9 Å². The first-order valence-corrected chi connectivity index (χ1v) is 5.98. The molecule has 0 atom stereocenters. The summed E-state index contributed by atoms with van der Waals surface area (Å²) in [6, 6.07) is 0.171. The molecule has 0 aliphatic rings. The minimum Gasteiger partial charge on any atom is -0.361 e. The average molecular weight is 275 g/mol. The lowest BCUT2D eigenvalue weighted by molar-refractivity contribution is 0.0717. The van der Waals surface area contributed by atoms with Crippen LogP contribution in [0.5, 0.6) is 0 Å². The normalized spacial score (nSPS) is 10.7. The van der Waals surface area contributed by atoms with Crippen LogP contribution in [0.2, 0.25) is 0 Å². The third-order valence-corrected chi connectivity index (χ3v) is 2.55. The zero-order valence-electron chi connectivity index (χ0n) is 9.16. The maximum Gasteiger partial charge on any atom is 0.259 e. The average Bonchev–Trinajstić information content (AvgIpc) is 2.59. The fourth-order valence-corrected chi connectivity index (χ4v) is 1.73. The SMILES string of the molecule is Cc1oncc1C(=O)N(CCBr)C(C)C. The van der Waals surface area contributed by atoms with Crippen molar-refractivity contribution in [1.29, 1.82) is 0 Å². The molecule has 0 radical (unpaired) electrons. The number of rotatable bonds is 4. The summed E-state index contributed by atoms with van der Waals surface area (Å²) in [7, 11) is 0. The number of aromatic nitrogens is 1. The number of carbonyl (C=O) groups excluding carboxylic acids is 1. The summed E-state index contributed by atoms with van der Waals surface area (Å²) in [5.41, 5.74) is 0.546. The van der Waals surface area contributed by atoms with E-state index >= 15 is 0 Å². The van der Waals surface area contributed by atoms with Gasteiger partial charge in [0.1, 0.15) is 11.3 Å². The summed E-state index contributed by atoms with van der Waals surface area (Å²) in [6.45, 7) is 6.40. The number of nitrogens with zero attached hydrogens (tertiary/aromatic N) is 2. The lowest BCUT2D eigenvalue weighted by atomic mass is 10.2. The Morgan fingerprint density at radius 2 is 2.33 bits per heavy atom. The Labute approximate surface area is 97.7 Å². The third-order valence-electron chi connectivity index (χ3n) is 2.19. The van der Waals surface area contributed by atoms with Crippen LogP contribution in [0.25, 0.3) is 0 Å². The van der Waals surface area contributed by atoms with Crippen molar-refractivity contribution in [2.75, 3.05) is 11.9 Å². The quantitative estimate of drug-likeness (QED) is 0.791. The third kappa shape index (κ3) is 2.81. The van der Waals surface area contributed by atoms with E-state index in [1.165, 1.54) is 6.20 Å². The first-order valence-electron chi connectivity index (χ1n) is 4.86. The van der Waals surface area contributed by atoms with E-state index in [1.807, 2.05) is 13.8 Å². The van der Waals surface area contributed by atoms with Crippen molar-refractivity contribution >= 4 is 21.8 Å². The molecule has 1 amide bonds. The van der Waals surface area contributed by atoms with Gasteiger partial charge in [0.05, 0.1) is 6.20 Å². The highest BCUT2D eigenvalue weighted by Gasteiger charge is 2.21. The minimum absolute atomic E-state index is 0.0248. The van der Waals surface area contributed by atoms with Crippen molar-refractivity contribution in [2.45, 2.75) is 26.8 Å². The van der Waals surface area contributed by atoms with Gasteiger partial charge in [0, 0.05) is 17.9 Å². The summed E-state index contributed by atoms with van der Waals surface area (Å²) in [6.07, 6.45) is 1.47. The summed E-state index contributed by atoms with van der Waals surface area (Å²) in [5.74, 6) is 0.545. The number of hydrogen-bond donors (Lipinski definition) is 0. The molecular weight excluding hydrogens is 260 g/mol. The van der Waals surface area contributed by atoms with Crippen molar-refractivity contribution in [2.24, 2.45) is 0 Å². The highest BCUT2D eigenvalue weighted by atomic mass is 79.9. The van der Waals surface area contributed by atoms with Crippen LogP contribution < -0.4 is 0 Å². The molecule has 0 fully saturated rings. The highest BCUT2D eigenvalue weighted by Crippen LogP contribution is 2.12. The van der Waals surface area contributed by atoms with Gasteiger partial charge in [0.25, 0.3) is 5.91 Å². The number of aryl methyl sites for hydroxylation is 1. The molecule has 0 aliphatic carbocycles. The monoisotopic (exact) mass is 274 g/mol. The number of halogens is 1. The van der Waals surface area contributed by atoms with Gasteiger partial charge < -0.3 is 9.42 Å².